The summed E-state index contributed by atoms with van der Waals surface area (Å²) in [5.74, 6) is 2.35. The van der Waals surface area contributed by atoms with Crippen molar-refractivity contribution in [3.8, 4) is 0 Å². The molecule has 1 heteroatoms. The molecule has 11 heavy (non-hydrogen) atoms. The summed E-state index contributed by atoms with van der Waals surface area (Å²) in [7, 11) is 0. The van der Waals surface area contributed by atoms with Crippen LogP contribution in [0.2, 0.25) is 0 Å². The molecule has 0 amide bonds. The van der Waals surface area contributed by atoms with Crippen LogP contribution in [0.4, 0.5) is 0 Å². The zero-order valence-electron chi connectivity index (χ0n) is 8.43. The standard InChI is InChI=1S/C10H23N/c1-5-9(7-11)10(6-2)8(3)4/h8-10H,5-7,11H2,1-4H3. The Kier molecular flexibility index (Phi) is 5.57. The molecule has 0 aromatic carbocycles. The SMILES string of the molecule is CCC(CN)C(CC)C(C)C. The van der Waals surface area contributed by atoms with Gasteiger partial charge in [-0.05, 0) is 24.3 Å². The highest BCUT2D eigenvalue weighted by Crippen LogP contribution is 2.25. The lowest BCUT2D eigenvalue weighted by Crippen LogP contribution is -2.26. The summed E-state index contributed by atoms with van der Waals surface area (Å²) in [6.45, 7) is 9.96. The maximum Gasteiger partial charge on any atom is -0.00462 e. The van der Waals surface area contributed by atoms with Gasteiger partial charge >= 0.3 is 0 Å². The molecule has 0 saturated carbocycles. The van der Waals surface area contributed by atoms with Crippen molar-refractivity contribution < 1.29 is 0 Å². The largest absolute Gasteiger partial charge is 0.330 e. The fourth-order valence-corrected chi connectivity index (χ4v) is 1.99. The third kappa shape index (κ3) is 3.24. The summed E-state index contributed by atoms with van der Waals surface area (Å²) < 4.78 is 0. The van der Waals surface area contributed by atoms with Crippen molar-refractivity contribution in [1.29, 1.82) is 0 Å². The van der Waals surface area contributed by atoms with E-state index in [2.05, 4.69) is 27.7 Å². The second kappa shape index (κ2) is 5.59. The van der Waals surface area contributed by atoms with Gasteiger partial charge in [0.15, 0.2) is 0 Å². The Morgan fingerprint density at radius 1 is 1.09 bits per heavy atom. The van der Waals surface area contributed by atoms with E-state index in [1.807, 2.05) is 0 Å². The molecule has 0 aromatic rings. The first-order chi connectivity index (χ1) is 5.17. The van der Waals surface area contributed by atoms with Gasteiger partial charge in [-0.25, -0.2) is 0 Å². The van der Waals surface area contributed by atoms with Gasteiger partial charge in [-0.3, -0.25) is 0 Å². The van der Waals surface area contributed by atoms with E-state index < -0.39 is 0 Å². The van der Waals surface area contributed by atoms with Crippen LogP contribution < -0.4 is 5.73 Å². The smallest absolute Gasteiger partial charge is 0.00462 e. The molecule has 0 rings (SSSR count). The Morgan fingerprint density at radius 2 is 1.64 bits per heavy atom. The van der Waals surface area contributed by atoms with E-state index in [0.29, 0.717) is 0 Å². The Morgan fingerprint density at radius 3 is 1.73 bits per heavy atom. The van der Waals surface area contributed by atoms with Gasteiger partial charge in [0.2, 0.25) is 0 Å². The molecule has 68 valence electrons. The first-order valence-corrected chi connectivity index (χ1v) is 4.87. The highest BCUT2D eigenvalue weighted by atomic mass is 14.6. The van der Waals surface area contributed by atoms with E-state index in [-0.39, 0.29) is 0 Å². The van der Waals surface area contributed by atoms with Gasteiger partial charge in [0.05, 0.1) is 0 Å². The lowest BCUT2D eigenvalue weighted by Gasteiger charge is -2.27. The topological polar surface area (TPSA) is 26.0 Å². The van der Waals surface area contributed by atoms with Gasteiger partial charge in [-0.1, -0.05) is 40.5 Å². The van der Waals surface area contributed by atoms with Crippen molar-refractivity contribution in [2.45, 2.75) is 40.5 Å². The van der Waals surface area contributed by atoms with Crippen LogP contribution in [0.1, 0.15) is 40.5 Å². The lowest BCUT2D eigenvalue weighted by molar-refractivity contribution is 0.244. The molecule has 0 aliphatic heterocycles. The average Bonchev–Trinajstić information content (AvgIpc) is 1.99. The van der Waals surface area contributed by atoms with E-state index >= 15 is 0 Å². The molecule has 0 aliphatic rings. The minimum Gasteiger partial charge on any atom is -0.330 e. The van der Waals surface area contributed by atoms with Crippen LogP contribution in [0.25, 0.3) is 0 Å². The molecule has 2 atom stereocenters. The summed E-state index contributed by atoms with van der Waals surface area (Å²) in [6.07, 6.45) is 2.50. The molecule has 0 fully saturated rings. The Hall–Kier alpha value is -0.0400. The number of hydrogen-bond donors (Lipinski definition) is 1. The van der Waals surface area contributed by atoms with Crippen molar-refractivity contribution >= 4 is 0 Å². The van der Waals surface area contributed by atoms with Crippen molar-refractivity contribution in [2.24, 2.45) is 23.5 Å². The summed E-state index contributed by atoms with van der Waals surface area (Å²) >= 11 is 0. The fraction of sp³-hybridized carbons (Fsp3) is 1.00. The summed E-state index contributed by atoms with van der Waals surface area (Å²) in [6, 6.07) is 0. The zero-order valence-corrected chi connectivity index (χ0v) is 8.43. The minimum absolute atomic E-state index is 0.736. The van der Waals surface area contributed by atoms with Crippen molar-refractivity contribution in [3.05, 3.63) is 0 Å². The molecule has 1 nitrogen and oxygen atoms in total. The predicted molar refractivity (Wildman–Crippen MR) is 51.5 cm³/mol. The third-order valence-electron chi connectivity index (χ3n) is 2.76. The molecule has 0 radical (unpaired) electrons. The highest BCUT2D eigenvalue weighted by Gasteiger charge is 2.19. The van der Waals surface area contributed by atoms with Gasteiger partial charge in [0.1, 0.15) is 0 Å². The molecule has 2 N–H and O–H groups in total. The number of nitrogens with two attached hydrogens (primary N) is 1. The summed E-state index contributed by atoms with van der Waals surface area (Å²) in [4.78, 5) is 0. The van der Waals surface area contributed by atoms with Gasteiger partial charge in [0.25, 0.3) is 0 Å². The quantitative estimate of drug-likeness (QED) is 0.652. The second-order valence-corrected chi connectivity index (χ2v) is 3.72. The number of rotatable bonds is 5. The monoisotopic (exact) mass is 157 g/mol. The van der Waals surface area contributed by atoms with Gasteiger partial charge in [-0.2, -0.15) is 0 Å². The van der Waals surface area contributed by atoms with Crippen LogP contribution in [0.3, 0.4) is 0 Å². The Bertz CT molecular complexity index is 84.9. The van der Waals surface area contributed by atoms with E-state index in [1.54, 1.807) is 0 Å². The predicted octanol–water partition coefficient (Wildman–Crippen LogP) is 2.65. The molecule has 2 unspecified atom stereocenters. The van der Waals surface area contributed by atoms with Crippen molar-refractivity contribution in [1.82, 2.24) is 0 Å². The Balaban J connectivity index is 3.98. The molecule has 0 bridgehead atoms. The van der Waals surface area contributed by atoms with Gasteiger partial charge in [0, 0.05) is 0 Å². The van der Waals surface area contributed by atoms with Crippen LogP contribution in [0.5, 0.6) is 0 Å². The van der Waals surface area contributed by atoms with Crippen LogP contribution in [-0.4, -0.2) is 6.54 Å². The van der Waals surface area contributed by atoms with Crippen LogP contribution >= 0.6 is 0 Å². The average molecular weight is 157 g/mol. The van der Waals surface area contributed by atoms with E-state index in [0.717, 1.165) is 24.3 Å². The maximum absolute atomic E-state index is 5.70. The minimum atomic E-state index is 0.736. The van der Waals surface area contributed by atoms with Gasteiger partial charge < -0.3 is 5.73 Å². The lowest BCUT2D eigenvalue weighted by atomic mass is 9.80. The van der Waals surface area contributed by atoms with Crippen molar-refractivity contribution in [3.63, 3.8) is 0 Å². The maximum atomic E-state index is 5.70. The van der Waals surface area contributed by atoms with E-state index in [4.69, 9.17) is 5.73 Å². The van der Waals surface area contributed by atoms with Crippen LogP contribution in [0.15, 0.2) is 0 Å². The molecular formula is C10H23N. The third-order valence-corrected chi connectivity index (χ3v) is 2.76. The molecule has 0 spiro atoms. The summed E-state index contributed by atoms with van der Waals surface area (Å²) in [5, 5.41) is 0. The van der Waals surface area contributed by atoms with Gasteiger partial charge in [-0.15, -0.1) is 0 Å². The van der Waals surface area contributed by atoms with E-state index in [1.165, 1.54) is 12.8 Å². The molecule has 0 aromatic heterocycles. The van der Waals surface area contributed by atoms with Crippen molar-refractivity contribution in [2.75, 3.05) is 6.54 Å². The first-order valence-electron chi connectivity index (χ1n) is 4.87. The van der Waals surface area contributed by atoms with Crippen LogP contribution in [-0.2, 0) is 0 Å². The fourth-order valence-electron chi connectivity index (χ4n) is 1.99. The van der Waals surface area contributed by atoms with E-state index in [9.17, 15) is 0 Å². The molecular weight excluding hydrogens is 134 g/mol. The highest BCUT2D eigenvalue weighted by molar-refractivity contribution is 4.71. The van der Waals surface area contributed by atoms with Crippen LogP contribution in [0, 0.1) is 17.8 Å². The Labute approximate surface area is 71.4 Å². The molecule has 0 aliphatic carbocycles. The second-order valence-electron chi connectivity index (χ2n) is 3.72. The summed E-state index contributed by atoms with van der Waals surface area (Å²) in [5.41, 5.74) is 5.70. The molecule has 0 saturated heterocycles. The normalized spacial score (nSPS) is 16.9. The molecule has 0 heterocycles. The first kappa shape index (κ1) is 11.0. The number of hydrogen-bond acceptors (Lipinski definition) is 1. The zero-order chi connectivity index (χ0) is 8.85.